The zero-order chi connectivity index (χ0) is 17.3. The molecule has 2 aromatic carbocycles. The normalized spacial score (nSPS) is 16.7. The van der Waals surface area contributed by atoms with E-state index in [1.54, 1.807) is 0 Å². The summed E-state index contributed by atoms with van der Waals surface area (Å²) in [6.45, 7) is 0.374. The maximum Gasteiger partial charge on any atom is 0.417 e. The van der Waals surface area contributed by atoms with E-state index in [4.69, 9.17) is 10.00 Å². The molecular weight excluding hydrogens is 324 g/mol. The number of rotatable bonds is 2. The molecule has 3 nitrogen and oxygen atoms in total. The third-order valence-electron chi connectivity index (χ3n) is 3.80. The molecule has 2 aromatic rings. The van der Waals surface area contributed by atoms with Crippen LogP contribution < -0.4 is 10.1 Å². The third-order valence-corrected chi connectivity index (χ3v) is 3.80. The second kappa shape index (κ2) is 6.04. The number of ether oxygens (including phenoxy) is 1. The summed E-state index contributed by atoms with van der Waals surface area (Å²) >= 11 is 0. The van der Waals surface area contributed by atoms with E-state index in [0.29, 0.717) is 24.3 Å². The van der Waals surface area contributed by atoms with E-state index in [1.165, 1.54) is 30.3 Å². The summed E-state index contributed by atoms with van der Waals surface area (Å²) in [6.07, 6.45) is -4.14. The van der Waals surface area contributed by atoms with Crippen LogP contribution in [0.25, 0.3) is 0 Å². The summed E-state index contributed by atoms with van der Waals surface area (Å²) in [6, 6.07) is 8.66. The van der Waals surface area contributed by atoms with E-state index in [-0.39, 0.29) is 11.7 Å². The maximum absolute atomic E-state index is 13.5. The van der Waals surface area contributed by atoms with Gasteiger partial charge in [0.05, 0.1) is 29.8 Å². The predicted octanol–water partition coefficient (Wildman–Crippen LogP) is 4.65. The molecule has 1 aliphatic heterocycles. The number of nitrogens with one attached hydrogen (secondary N) is 1. The number of alkyl halides is 3. The van der Waals surface area contributed by atoms with E-state index >= 15 is 0 Å². The van der Waals surface area contributed by atoms with E-state index in [9.17, 15) is 17.6 Å². The molecule has 7 heteroatoms. The average Bonchev–Trinajstić information content (AvgIpc) is 2.54. The van der Waals surface area contributed by atoms with Crippen molar-refractivity contribution in [1.82, 2.24) is 0 Å². The van der Waals surface area contributed by atoms with Gasteiger partial charge in [0.1, 0.15) is 11.6 Å². The van der Waals surface area contributed by atoms with Crippen molar-refractivity contribution in [2.24, 2.45) is 0 Å². The van der Waals surface area contributed by atoms with E-state index in [2.05, 4.69) is 5.32 Å². The van der Waals surface area contributed by atoms with Crippen LogP contribution in [0.2, 0.25) is 0 Å². The van der Waals surface area contributed by atoms with Crippen LogP contribution in [0.4, 0.5) is 23.2 Å². The molecule has 24 heavy (non-hydrogen) atoms. The third kappa shape index (κ3) is 3.13. The molecule has 0 fully saturated rings. The predicted molar refractivity (Wildman–Crippen MR) is 79.0 cm³/mol. The molecule has 0 amide bonds. The molecular formula is C17H12F4N2O. The van der Waals surface area contributed by atoms with E-state index in [0.717, 1.165) is 12.1 Å². The van der Waals surface area contributed by atoms with Crippen LogP contribution in [0.1, 0.15) is 29.2 Å². The lowest BCUT2D eigenvalue weighted by Gasteiger charge is -2.27. The van der Waals surface area contributed by atoms with E-state index in [1.807, 2.05) is 0 Å². The first-order valence-corrected chi connectivity index (χ1v) is 7.18. The second-order valence-electron chi connectivity index (χ2n) is 5.39. The Hall–Kier alpha value is -2.75. The Morgan fingerprint density at radius 2 is 1.96 bits per heavy atom. The Labute approximate surface area is 135 Å². The number of nitrogens with zero attached hydrogens (tertiary/aromatic N) is 1. The lowest BCUT2D eigenvalue weighted by molar-refractivity contribution is -0.137. The molecule has 1 aliphatic rings. The molecule has 1 unspecified atom stereocenters. The van der Waals surface area contributed by atoms with Crippen molar-refractivity contribution in [2.45, 2.75) is 18.6 Å². The monoisotopic (exact) mass is 336 g/mol. The second-order valence-corrected chi connectivity index (χ2v) is 5.39. The minimum absolute atomic E-state index is 0.212. The van der Waals surface area contributed by atoms with Gasteiger partial charge in [-0.05, 0) is 36.4 Å². The first-order valence-electron chi connectivity index (χ1n) is 7.18. The quantitative estimate of drug-likeness (QED) is 0.812. The maximum atomic E-state index is 13.5. The largest absolute Gasteiger partial charge is 0.493 e. The summed E-state index contributed by atoms with van der Waals surface area (Å²) in [7, 11) is 0. The summed E-state index contributed by atoms with van der Waals surface area (Å²) in [5, 5.41) is 11.8. The zero-order valence-corrected chi connectivity index (χ0v) is 12.3. The molecule has 1 N–H and O–H groups in total. The van der Waals surface area contributed by atoms with Gasteiger partial charge in [0.15, 0.2) is 0 Å². The topological polar surface area (TPSA) is 45.0 Å². The van der Waals surface area contributed by atoms with Crippen molar-refractivity contribution >= 4 is 5.69 Å². The van der Waals surface area contributed by atoms with Crippen molar-refractivity contribution in [2.75, 3.05) is 11.9 Å². The fraction of sp³-hybridized carbons (Fsp3) is 0.235. The van der Waals surface area contributed by atoms with Gasteiger partial charge in [0.25, 0.3) is 0 Å². The van der Waals surface area contributed by atoms with Gasteiger partial charge in [-0.1, -0.05) is 0 Å². The molecule has 0 bridgehead atoms. The molecule has 0 aliphatic carbocycles. The first kappa shape index (κ1) is 16.1. The van der Waals surface area contributed by atoms with Gasteiger partial charge < -0.3 is 10.1 Å². The van der Waals surface area contributed by atoms with Gasteiger partial charge in [-0.2, -0.15) is 18.4 Å². The number of anilines is 1. The number of benzene rings is 2. The Balaban J connectivity index is 1.93. The molecule has 1 heterocycles. The minimum Gasteiger partial charge on any atom is -0.493 e. The number of hydrogen-bond acceptors (Lipinski definition) is 3. The Morgan fingerprint density at radius 1 is 1.17 bits per heavy atom. The van der Waals surface area contributed by atoms with Gasteiger partial charge in [-0.25, -0.2) is 4.39 Å². The summed E-state index contributed by atoms with van der Waals surface area (Å²) in [5.41, 5.74) is -0.671. The SMILES string of the molecule is N#Cc1ccc(NC2CCOc3ccc(F)cc32)cc1C(F)(F)F. The highest BCUT2D eigenvalue weighted by Crippen LogP contribution is 2.37. The van der Waals surface area contributed by atoms with Crippen molar-refractivity contribution in [3.63, 3.8) is 0 Å². The fourth-order valence-electron chi connectivity index (χ4n) is 2.68. The average molecular weight is 336 g/mol. The number of nitriles is 1. The van der Waals surface area contributed by atoms with Gasteiger partial charge in [-0.3, -0.25) is 0 Å². The number of hydrogen-bond donors (Lipinski definition) is 1. The zero-order valence-electron chi connectivity index (χ0n) is 12.3. The standard InChI is InChI=1S/C17H12F4N2O/c18-11-2-4-16-13(7-11)15(5-6-24-16)23-12-3-1-10(9-22)14(8-12)17(19,20)21/h1-4,7-8,15,23H,5-6H2. The van der Waals surface area contributed by atoms with Crippen LogP contribution in [-0.4, -0.2) is 6.61 Å². The number of halogens is 4. The highest BCUT2D eigenvalue weighted by Gasteiger charge is 2.34. The molecule has 0 saturated heterocycles. The Bertz CT molecular complexity index is 811. The highest BCUT2D eigenvalue weighted by atomic mass is 19.4. The Morgan fingerprint density at radius 3 is 2.67 bits per heavy atom. The summed E-state index contributed by atoms with van der Waals surface area (Å²) < 4.78 is 58.0. The highest BCUT2D eigenvalue weighted by molar-refractivity contribution is 5.55. The lowest BCUT2D eigenvalue weighted by atomic mass is 9.99. The van der Waals surface area contributed by atoms with Crippen molar-refractivity contribution < 1.29 is 22.3 Å². The molecule has 0 aromatic heterocycles. The van der Waals surface area contributed by atoms with Crippen LogP contribution in [0.15, 0.2) is 36.4 Å². The smallest absolute Gasteiger partial charge is 0.417 e. The van der Waals surface area contributed by atoms with E-state index < -0.39 is 23.1 Å². The Kier molecular flexibility index (Phi) is 4.06. The van der Waals surface area contributed by atoms with Gasteiger partial charge in [-0.15, -0.1) is 0 Å². The fourth-order valence-corrected chi connectivity index (χ4v) is 2.68. The van der Waals surface area contributed by atoms with Crippen LogP contribution in [0, 0.1) is 17.1 Å². The molecule has 1 atom stereocenters. The van der Waals surface area contributed by atoms with Crippen LogP contribution >= 0.6 is 0 Å². The summed E-state index contributed by atoms with van der Waals surface area (Å²) in [5.74, 6) is 0.0618. The lowest BCUT2D eigenvalue weighted by Crippen LogP contribution is -2.21. The van der Waals surface area contributed by atoms with Gasteiger partial charge in [0.2, 0.25) is 0 Å². The van der Waals surface area contributed by atoms with Crippen LogP contribution in [0.5, 0.6) is 5.75 Å². The van der Waals surface area contributed by atoms with Crippen molar-refractivity contribution in [1.29, 1.82) is 5.26 Å². The molecule has 124 valence electrons. The summed E-state index contributed by atoms with van der Waals surface area (Å²) in [4.78, 5) is 0. The number of fused-ring (bicyclic) bond motifs is 1. The minimum atomic E-state index is -4.62. The molecule has 0 saturated carbocycles. The van der Waals surface area contributed by atoms with Gasteiger partial charge >= 0.3 is 6.18 Å². The molecule has 0 spiro atoms. The van der Waals surface area contributed by atoms with Crippen molar-refractivity contribution in [3.8, 4) is 11.8 Å². The molecule has 0 radical (unpaired) electrons. The molecule has 3 rings (SSSR count). The van der Waals surface area contributed by atoms with Crippen molar-refractivity contribution in [3.05, 3.63) is 58.9 Å². The van der Waals surface area contributed by atoms with Gasteiger partial charge in [0, 0.05) is 17.7 Å². The van der Waals surface area contributed by atoms with Crippen LogP contribution in [-0.2, 0) is 6.18 Å². The van der Waals surface area contributed by atoms with Crippen LogP contribution in [0.3, 0.4) is 0 Å². The first-order chi connectivity index (χ1) is 11.4.